The minimum atomic E-state index is 0.155. The predicted octanol–water partition coefficient (Wildman–Crippen LogP) is 2.04. The highest BCUT2D eigenvalue weighted by Crippen LogP contribution is 2.52. The zero-order valence-electron chi connectivity index (χ0n) is 10.2. The van der Waals surface area contributed by atoms with Gasteiger partial charge in [0.2, 0.25) is 5.91 Å². The Bertz CT molecular complexity index is 293. The van der Waals surface area contributed by atoms with Crippen molar-refractivity contribution in [2.45, 2.75) is 39.3 Å². The molecule has 2 aliphatic rings. The minimum Gasteiger partial charge on any atom is -0.373 e. The Labute approximate surface area is 106 Å². The molecule has 3 atom stereocenters. The van der Waals surface area contributed by atoms with Crippen LogP contribution in [0.2, 0.25) is 0 Å². The molecule has 1 aliphatic carbocycles. The van der Waals surface area contributed by atoms with Gasteiger partial charge in [-0.15, -0.1) is 0 Å². The number of alkyl halides is 1. The number of carbonyl (C=O) groups excluding carboxylic acids is 1. The maximum atomic E-state index is 12.3. The Morgan fingerprint density at radius 2 is 2.19 bits per heavy atom. The van der Waals surface area contributed by atoms with Gasteiger partial charge in [-0.05, 0) is 18.8 Å². The van der Waals surface area contributed by atoms with Crippen LogP contribution in [0.25, 0.3) is 0 Å². The number of halogens is 1. The van der Waals surface area contributed by atoms with E-state index in [1.165, 1.54) is 0 Å². The molecule has 2 fully saturated rings. The highest BCUT2D eigenvalue weighted by Gasteiger charge is 2.52. The van der Waals surface area contributed by atoms with Crippen LogP contribution in [0.5, 0.6) is 0 Å². The van der Waals surface area contributed by atoms with Crippen molar-refractivity contribution >= 4 is 21.8 Å². The van der Waals surface area contributed by atoms with E-state index in [4.69, 9.17) is 4.74 Å². The lowest BCUT2D eigenvalue weighted by Crippen LogP contribution is -2.52. The van der Waals surface area contributed by atoms with E-state index in [-0.39, 0.29) is 23.5 Å². The Kier molecular flexibility index (Phi) is 3.32. The molecule has 0 radical (unpaired) electrons. The first-order valence-electron chi connectivity index (χ1n) is 5.94. The summed E-state index contributed by atoms with van der Waals surface area (Å²) in [6.07, 6.45) is 1.19. The zero-order valence-corrected chi connectivity index (χ0v) is 11.8. The third-order valence-electron chi connectivity index (χ3n) is 3.77. The molecule has 4 heteroatoms. The summed E-state index contributed by atoms with van der Waals surface area (Å²) >= 11 is 3.42. The first kappa shape index (κ1) is 12.4. The van der Waals surface area contributed by atoms with Crippen molar-refractivity contribution in [3.63, 3.8) is 0 Å². The molecule has 92 valence electrons. The van der Waals surface area contributed by atoms with Crippen LogP contribution in [0.1, 0.15) is 27.2 Å². The molecule has 0 spiro atoms. The van der Waals surface area contributed by atoms with Crippen molar-refractivity contribution in [2.24, 2.45) is 11.3 Å². The Morgan fingerprint density at radius 3 is 2.69 bits per heavy atom. The third kappa shape index (κ3) is 2.28. The van der Waals surface area contributed by atoms with E-state index in [1.54, 1.807) is 0 Å². The number of hydrogen-bond donors (Lipinski definition) is 0. The maximum absolute atomic E-state index is 12.3. The fraction of sp³-hybridized carbons (Fsp3) is 0.917. The number of carbonyl (C=O) groups is 1. The van der Waals surface area contributed by atoms with Gasteiger partial charge in [-0.25, -0.2) is 0 Å². The van der Waals surface area contributed by atoms with Gasteiger partial charge in [0.15, 0.2) is 0 Å². The molecule has 0 aromatic carbocycles. The Hall–Kier alpha value is -0.0900. The van der Waals surface area contributed by atoms with Crippen LogP contribution in [0.15, 0.2) is 0 Å². The van der Waals surface area contributed by atoms with Gasteiger partial charge in [0.25, 0.3) is 0 Å². The lowest BCUT2D eigenvalue weighted by atomic mass is 10.1. The normalized spacial score (nSPS) is 37.2. The maximum Gasteiger partial charge on any atom is 0.226 e. The number of hydrogen-bond acceptors (Lipinski definition) is 2. The molecule has 3 nitrogen and oxygen atoms in total. The van der Waals surface area contributed by atoms with Crippen LogP contribution < -0.4 is 0 Å². The molecule has 0 aromatic heterocycles. The van der Waals surface area contributed by atoms with Crippen LogP contribution in [0.3, 0.4) is 0 Å². The summed E-state index contributed by atoms with van der Waals surface area (Å²) in [6, 6.07) is 0.221. The summed E-state index contributed by atoms with van der Waals surface area (Å²) in [5.74, 6) is 0.566. The lowest BCUT2D eigenvalue weighted by molar-refractivity contribution is -0.145. The third-order valence-corrected chi connectivity index (χ3v) is 4.49. The van der Waals surface area contributed by atoms with E-state index in [2.05, 4.69) is 36.7 Å². The smallest absolute Gasteiger partial charge is 0.226 e. The molecule has 0 aromatic rings. The number of rotatable bonds is 2. The first-order chi connectivity index (χ1) is 7.45. The summed E-state index contributed by atoms with van der Waals surface area (Å²) in [5, 5.41) is 0.803. The summed E-state index contributed by atoms with van der Waals surface area (Å²) in [6.45, 7) is 7.80. The molecule has 1 saturated carbocycles. The van der Waals surface area contributed by atoms with Crippen molar-refractivity contribution < 1.29 is 9.53 Å². The topological polar surface area (TPSA) is 29.5 Å². The van der Waals surface area contributed by atoms with E-state index in [0.29, 0.717) is 12.5 Å². The highest BCUT2D eigenvalue weighted by atomic mass is 79.9. The van der Waals surface area contributed by atoms with Gasteiger partial charge in [0.05, 0.1) is 18.8 Å². The van der Waals surface area contributed by atoms with Crippen molar-refractivity contribution in [3.8, 4) is 0 Å². The summed E-state index contributed by atoms with van der Waals surface area (Å²) < 4.78 is 5.63. The van der Waals surface area contributed by atoms with Gasteiger partial charge >= 0.3 is 0 Å². The van der Waals surface area contributed by atoms with Crippen LogP contribution in [-0.2, 0) is 9.53 Å². The second kappa shape index (κ2) is 4.30. The average molecular weight is 290 g/mol. The molecule has 2 rings (SSSR count). The molecule has 1 heterocycles. The van der Waals surface area contributed by atoms with Gasteiger partial charge in [0, 0.05) is 17.8 Å². The van der Waals surface area contributed by atoms with Gasteiger partial charge in [-0.3, -0.25) is 4.79 Å². The molecular weight excluding hydrogens is 270 g/mol. The van der Waals surface area contributed by atoms with Crippen molar-refractivity contribution in [1.29, 1.82) is 0 Å². The van der Waals surface area contributed by atoms with Crippen molar-refractivity contribution in [3.05, 3.63) is 0 Å². The fourth-order valence-electron chi connectivity index (χ4n) is 2.31. The zero-order chi connectivity index (χ0) is 11.9. The van der Waals surface area contributed by atoms with E-state index in [0.717, 1.165) is 18.3 Å². The second-order valence-corrected chi connectivity index (χ2v) is 6.34. The van der Waals surface area contributed by atoms with Gasteiger partial charge in [-0.1, -0.05) is 29.8 Å². The van der Waals surface area contributed by atoms with E-state index < -0.39 is 0 Å². The highest BCUT2D eigenvalue weighted by molar-refractivity contribution is 9.09. The summed E-state index contributed by atoms with van der Waals surface area (Å²) in [5.41, 5.74) is 0.221. The predicted molar refractivity (Wildman–Crippen MR) is 66.6 cm³/mol. The fourth-order valence-corrected chi connectivity index (χ4v) is 2.70. The van der Waals surface area contributed by atoms with Crippen molar-refractivity contribution in [1.82, 2.24) is 4.90 Å². The van der Waals surface area contributed by atoms with E-state index in [9.17, 15) is 4.79 Å². The quantitative estimate of drug-likeness (QED) is 0.728. The van der Waals surface area contributed by atoms with Gasteiger partial charge in [-0.2, -0.15) is 0 Å². The molecule has 16 heavy (non-hydrogen) atoms. The summed E-state index contributed by atoms with van der Waals surface area (Å²) in [4.78, 5) is 14.3. The van der Waals surface area contributed by atoms with Crippen LogP contribution in [0.4, 0.5) is 0 Å². The molecule has 1 saturated heterocycles. The number of ether oxygens (including phenoxy) is 1. The number of amides is 1. The van der Waals surface area contributed by atoms with Crippen LogP contribution >= 0.6 is 15.9 Å². The first-order valence-corrected chi connectivity index (χ1v) is 7.06. The van der Waals surface area contributed by atoms with Gasteiger partial charge in [0.1, 0.15) is 0 Å². The number of nitrogens with zero attached hydrogens (tertiary/aromatic N) is 1. The SMILES string of the molecule is CC1COC(CBr)CN1C(=O)C1CC1(C)C. The average Bonchev–Trinajstić information content (AvgIpc) is 2.87. The monoisotopic (exact) mass is 289 g/mol. The van der Waals surface area contributed by atoms with Crippen LogP contribution in [-0.4, -0.2) is 41.4 Å². The molecular formula is C12H20BrNO2. The molecule has 1 aliphatic heterocycles. The molecule has 1 amide bonds. The number of morpholine rings is 1. The Morgan fingerprint density at radius 1 is 1.56 bits per heavy atom. The second-order valence-electron chi connectivity index (χ2n) is 5.69. The van der Waals surface area contributed by atoms with E-state index >= 15 is 0 Å². The molecule has 3 unspecified atom stereocenters. The largest absolute Gasteiger partial charge is 0.373 e. The lowest BCUT2D eigenvalue weighted by Gasteiger charge is -2.38. The molecule has 0 N–H and O–H groups in total. The van der Waals surface area contributed by atoms with Crippen LogP contribution in [0, 0.1) is 11.3 Å². The van der Waals surface area contributed by atoms with E-state index in [1.807, 2.05) is 4.90 Å². The Balaban J connectivity index is 1.99. The summed E-state index contributed by atoms with van der Waals surface area (Å²) in [7, 11) is 0. The standard InChI is InChI=1S/C12H20BrNO2/c1-8-7-16-9(5-13)6-14(8)11(15)10-4-12(10,2)3/h8-10H,4-7H2,1-3H3. The minimum absolute atomic E-state index is 0.155. The molecule has 0 bridgehead atoms. The van der Waals surface area contributed by atoms with Crippen molar-refractivity contribution in [2.75, 3.05) is 18.5 Å². The van der Waals surface area contributed by atoms with Gasteiger partial charge < -0.3 is 9.64 Å².